The third-order valence-corrected chi connectivity index (χ3v) is 4.08. The molecule has 1 N–H and O–H groups in total. The van der Waals surface area contributed by atoms with Crippen LogP contribution in [0.1, 0.15) is 51.7 Å². The van der Waals surface area contributed by atoms with Gasteiger partial charge in [0.2, 0.25) is 0 Å². The molecule has 0 radical (unpaired) electrons. The minimum Gasteiger partial charge on any atom is -0.389 e. The van der Waals surface area contributed by atoms with Crippen LogP contribution in [0, 0.1) is 5.41 Å². The van der Waals surface area contributed by atoms with Gasteiger partial charge in [-0.05, 0) is 49.3 Å². The van der Waals surface area contributed by atoms with E-state index in [4.69, 9.17) is 0 Å². The van der Waals surface area contributed by atoms with Gasteiger partial charge in [0.05, 0.1) is 6.10 Å². The standard InChI is InChI=1S/C16H25NO/c1-13(18)14-5-7-15(8-6-14)17-11-4-9-16(2,3)10-12-17/h5-8,13,18H,4,9-12H2,1-3H3/t13-/m0/s1. The van der Waals surface area contributed by atoms with Crippen molar-refractivity contribution in [3.8, 4) is 0 Å². The van der Waals surface area contributed by atoms with E-state index in [2.05, 4.69) is 30.9 Å². The maximum Gasteiger partial charge on any atom is 0.0761 e. The number of hydrogen-bond acceptors (Lipinski definition) is 2. The summed E-state index contributed by atoms with van der Waals surface area (Å²) in [5.41, 5.74) is 2.76. The smallest absolute Gasteiger partial charge is 0.0761 e. The zero-order chi connectivity index (χ0) is 13.2. The summed E-state index contributed by atoms with van der Waals surface area (Å²) < 4.78 is 0. The van der Waals surface area contributed by atoms with Crippen LogP contribution in [0.5, 0.6) is 0 Å². The Bertz CT molecular complexity index is 381. The molecule has 1 heterocycles. The first kappa shape index (κ1) is 13.4. The van der Waals surface area contributed by atoms with Crippen LogP contribution in [0.2, 0.25) is 0 Å². The van der Waals surface area contributed by atoms with Crippen molar-refractivity contribution in [2.24, 2.45) is 5.41 Å². The van der Waals surface area contributed by atoms with Crippen LogP contribution in [0.25, 0.3) is 0 Å². The molecule has 0 bridgehead atoms. The first-order valence-electron chi connectivity index (χ1n) is 7.01. The Labute approximate surface area is 111 Å². The average Bonchev–Trinajstić information content (AvgIpc) is 2.50. The van der Waals surface area contributed by atoms with E-state index in [1.807, 2.05) is 19.1 Å². The lowest BCUT2D eigenvalue weighted by atomic mass is 9.85. The predicted octanol–water partition coefficient (Wildman–Crippen LogP) is 3.76. The summed E-state index contributed by atoms with van der Waals surface area (Å²) >= 11 is 0. The maximum atomic E-state index is 9.52. The summed E-state index contributed by atoms with van der Waals surface area (Å²) in [7, 11) is 0. The van der Waals surface area contributed by atoms with Gasteiger partial charge in [0.1, 0.15) is 0 Å². The van der Waals surface area contributed by atoms with Crippen LogP contribution in [0.3, 0.4) is 0 Å². The third-order valence-electron chi connectivity index (χ3n) is 4.08. The molecule has 0 unspecified atom stereocenters. The van der Waals surface area contributed by atoms with Crippen molar-refractivity contribution in [3.05, 3.63) is 29.8 Å². The zero-order valence-electron chi connectivity index (χ0n) is 11.8. The Morgan fingerprint density at radius 3 is 2.39 bits per heavy atom. The minimum absolute atomic E-state index is 0.373. The molecule has 1 aromatic carbocycles. The number of benzene rings is 1. The van der Waals surface area contributed by atoms with E-state index >= 15 is 0 Å². The first-order chi connectivity index (χ1) is 8.48. The molecule has 0 saturated carbocycles. The highest BCUT2D eigenvalue weighted by Gasteiger charge is 2.23. The van der Waals surface area contributed by atoms with E-state index in [0.29, 0.717) is 5.41 Å². The number of rotatable bonds is 2. The molecule has 0 spiro atoms. The summed E-state index contributed by atoms with van der Waals surface area (Å²) in [4.78, 5) is 2.47. The van der Waals surface area contributed by atoms with Gasteiger partial charge in [0.25, 0.3) is 0 Å². The molecule has 1 saturated heterocycles. The highest BCUT2D eigenvalue weighted by Crippen LogP contribution is 2.31. The molecule has 2 rings (SSSR count). The molecule has 0 aromatic heterocycles. The molecular weight excluding hydrogens is 222 g/mol. The largest absolute Gasteiger partial charge is 0.389 e. The maximum absolute atomic E-state index is 9.52. The second-order valence-electron chi connectivity index (χ2n) is 6.27. The van der Waals surface area contributed by atoms with Crippen molar-refractivity contribution >= 4 is 5.69 Å². The molecular formula is C16H25NO. The molecule has 1 aromatic rings. The molecule has 18 heavy (non-hydrogen) atoms. The average molecular weight is 247 g/mol. The summed E-state index contributed by atoms with van der Waals surface area (Å²) in [6, 6.07) is 8.35. The van der Waals surface area contributed by atoms with Gasteiger partial charge in [-0.25, -0.2) is 0 Å². The van der Waals surface area contributed by atoms with E-state index in [0.717, 1.165) is 18.7 Å². The monoisotopic (exact) mass is 247 g/mol. The highest BCUT2D eigenvalue weighted by atomic mass is 16.3. The fourth-order valence-corrected chi connectivity index (χ4v) is 2.64. The molecule has 1 aliphatic heterocycles. The minimum atomic E-state index is -0.373. The molecule has 0 amide bonds. The molecule has 2 nitrogen and oxygen atoms in total. The van der Waals surface area contributed by atoms with Crippen LogP contribution in [-0.2, 0) is 0 Å². The van der Waals surface area contributed by atoms with Gasteiger partial charge >= 0.3 is 0 Å². The molecule has 1 aliphatic rings. The SMILES string of the molecule is C[C@H](O)c1ccc(N2CCCC(C)(C)CC2)cc1. The zero-order valence-corrected chi connectivity index (χ0v) is 11.8. The van der Waals surface area contributed by atoms with E-state index in [9.17, 15) is 5.11 Å². The number of nitrogens with zero attached hydrogens (tertiary/aromatic N) is 1. The third kappa shape index (κ3) is 3.26. The lowest BCUT2D eigenvalue weighted by Gasteiger charge is -2.25. The first-order valence-corrected chi connectivity index (χ1v) is 7.01. The summed E-state index contributed by atoms with van der Waals surface area (Å²) in [6.45, 7) is 8.84. The fourth-order valence-electron chi connectivity index (χ4n) is 2.64. The van der Waals surface area contributed by atoms with Crippen molar-refractivity contribution in [2.45, 2.75) is 46.1 Å². The van der Waals surface area contributed by atoms with Gasteiger partial charge in [-0.3, -0.25) is 0 Å². The number of aliphatic hydroxyl groups excluding tert-OH is 1. The van der Waals surface area contributed by atoms with Gasteiger partial charge < -0.3 is 10.0 Å². The van der Waals surface area contributed by atoms with Crippen molar-refractivity contribution in [2.75, 3.05) is 18.0 Å². The highest BCUT2D eigenvalue weighted by molar-refractivity contribution is 5.48. The second kappa shape index (κ2) is 5.31. The second-order valence-corrected chi connectivity index (χ2v) is 6.27. The Balaban J connectivity index is 2.07. The van der Waals surface area contributed by atoms with Crippen molar-refractivity contribution in [1.82, 2.24) is 0 Å². The van der Waals surface area contributed by atoms with E-state index in [-0.39, 0.29) is 6.10 Å². The summed E-state index contributed by atoms with van der Waals surface area (Å²) in [5, 5.41) is 9.52. The fraction of sp³-hybridized carbons (Fsp3) is 0.625. The number of hydrogen-bond donors (Lipinski definition) is 1. The molecule has 100 valence electrons. The summed E-state index contributed by atoms with van der Waals surface area (Å²) in [6.07, 6.45) is 3.47. The Kier molecular flexibility index (Phi) is 3.96. The molecule has 1 fully saturated rings. The van der Waals surface area contributed by atoms with Crippen molar-refractivity contribution < 1.29 is 5.11 Å². The molecule has 1 atom stereocenters. The van der Waals surface area contributed by atoms with Gasteiger partial charge in [0.15, 0.2) is 0 Å². The van der Waals surface area contributed by atoms with Crippen molar-refractivity contribution in [1.29, 1.82) is 0 Å². The lowest BCUT2D eigenvalue weighted by Crippen LogP contribution is -2.24. The van der Waals surface area contributed by atoms with E-state index in [1.165, 1.54) is 24.9 Å². The summed E-state index contributed by atoms with van der Waals surface area (Å²) in [5.74, 6) is 0. The molecule has 0 aliphatic carbocycles. The van der Waals surface area contributed by atoms with Crippen LogP contribution in [0.4, 0.5) is 5.69 Å². The van der Waals surface area contributed by atoms with Crippen LogP contribution >= 0.6 is 0 Å². The molecule has 2 heteroatoms. The topological polar surface area (TPSA) is 23.5 Å². The van der Waals surface area contributed by atoms with Crippen LogP contribution < -0.4 is 4.90 Å². The Morgan fingerprint density at radius 1 is 1.11 bits per heavy atom. The van der Waals surface area contributed by atoms with E-state index < -0.39 is 0 Å². The number of anilines is 1. The van der Waals surface area contributed by atoms with Crippen LogP contribution in [-0.4, -0.2) is 18.2 Å². The van der Waals surface area contributed by atoms with Gasteiger partial charge in [0, 0.05) is 18.8 Å². The van der Waals surface area contributed by atoms with Crippen molar-refractivity contribution in [3.63, 3.8) is 0 Å². The quantitative estimate of drug-likeness (QED) is 0.860. The number of aliphatic hydroxyl groups is 1. The van der Waals surface area contributed by atoms with Gasteiger partial charge in [-0.1, -0.05) is 26.0 Å². The van der Waals surface area contributed by atoms with Crippen LogP contribution in [0.15, 0.2) is 24.3 Å². The Hall–Kier alpha value is -1.02. The van der Waals surface area contributed by atoms with E-state index in [1.54, 1.807) is 0 Å². The lowest BCUT2D eigenvalue weighted by molar-refractivity contribution is 0.199. The van der Waals surface area contributed by atoms with Gasteiger partial charge in [-0.15, -0.1) is 0 Å². The normalized spacial score (nSPS) is 21.4. The van der Waals surface area contributed by atoms with Gasteiger partial charge in [-0.2, -0.15) is 0 Å². The Morgan fingerprint density at radius 2 is 1.78 bits per heavy atom. The predicted molar refractivity (Wildman–Crippen MR) is 76.9 cm³/mol.